The monoisotopic (exact) mass is 335 g/mol. The van der Waals surface area contributed by atoms with Crippen LogP contribution in [0, 0.1) is 6.92 Å². The molecule has 0 spiro atoms. The van der Waals surface area contributed by atoms with Crippen LogP contribution >= 0.6 is 15.9 Å². The summed E-state index contributed by atoms with van der Waals surface area (Å²) in [6.45, 7) is 3.57. The van der Waals surface area contributed by atoms with Crippen molar-refractivity contribution in [3.63, 3.8) is 0 Å². The molecule has 0 amide bonds. The summed E-state index contributed by atoms with van der Waals surface area (Å²) in [6, 6.07) is 0.430. The lowest BCUT2D eigenvalue weighted by Crippen LogP contribution is -2.26. The molecule has 0 radical (unpaired) electrons. The van der Waals surface area contributed by atoms with E-state index in [4.69, 9.17) is 4.74 Å². The fraction of sp³-hybridized carbons (Fsp3) is 0.385. The first kappa shape index (κ1) is 13.2. The SMILES string of the molecule is Cc1cnc(OC2CCN(c3ncc(Br)cn3)C2)nc1. The van der Waals surface area contributed by atoms with Crippen LogP contribution in [0.15, 0.2) is 29.3 Å². The van der Waals surface area contributed by atoms with E-state index in [1.54, 1.807) is 24.8 Å². The molecular formula is C13H14BrN5O. The van der Waals surface area contributed by atoms with Gasteiger partial charge in [-0.25, -0.2) is 19.9 Å². The summed E-state index contributed by atoms with van der Waals surface area (Å²) < 4.78 is 6.65. The van der Waals surface area contributed by atoms with Gasteiger partial charge in [-0.3, -0.25) is 0 Å². The van der Waals surface area contributed by atoms with E-state index in [1.807, 2.05) is 6.92 Å². The summed E-state index contributed by atoms with van der Waals surface area (Å²) in [5.74, 6) is 0.726. The predicted octanol–water partition coefficient (Wildman–Crippen LogP) is 2.00. The van der Waals surface area contributed by atoms with E-state index < -0.39 is 0 Å². The molecule has 3 rings (SSSR count). The quantitative estimate of drug-likeness (QED) is 0.854. The van der Waals surface area contributed by atoms with Gasteiger partial charge in [0.05, 0.1) is 11.0 Å². The topological polar surface area (TPSA) is 64.0 Å². The molecule has 0 saturated carbocycles. The molecule has 1 aliphatic heterocycles. The Labute approximate surface area is 125 Å². The van der Waals surface area contributed by atoms with Crippen LogP contribution in [0.25, 0.3) is 0 Å². The zero-order valence-electron chi connectivity index (χ0n) is 11.0. The Balaban J connectivity index is 1.62. The Kier molecular flexibility index (Phi) is 3.77. The fourth-order valence-electron chi connectivity index (χ4n) is 2.07. The van der Waals surface area contributed by atoms with E-state index in [0.29, 0.717) is 6.01 Å². The molecule has 6 nitrogen and oxygen atoms in total. The number of ether oxygens (including phenoxy) is 1. The molecule has 7 heteroatoms. The minimum absolute atomic E-state index is 0.0740. The second-order valence-corrected chi connectivity index (χ2v) is 5.63. The lowest BCUT2D eigenvalue weighted by molar-refractivity contribution is 0.206. The highest BCUT2D eigenvalue weighted by molar-refractivity contribution is 9.10. The van der Waals surface area contributed by atoms with Crippen LogP contribution in [0.5, 0.6) is 6.01 Å². The standard InChI is InChI=1S/C13H14BrN5O/c1-9-4-17-13(18-5-9)20-11-2-3-19(8-11)12-15-6-10(14)7-16-12/h4-7,11H,2-3,8H2,1H3. The van der Waals surface area contributed by atoms with Crippen LogP contribution in [0.4, 0.5) is 5.95 Å². The van der Waals surface area contributed by atoms with Gasteiger partial charge in [0, 0.05) is 37.8 Å². The second-order valence-electron chi connectivity index (χ2n) is 4.72. The molecule has 2 aromatic heterocycles. The Morgan fingerprint density at radius 2 is 1.85 bits per heavy atom. The van der Waals surface area contributed by atoms with Crippen molar-refractivity contribution >= 4 is 21.9 Å². The van der Waals surface area contributed by atoms with Gasteiger partial charge in [-0.05, 0) is 28.4 Å². The van der Waals surface area contributed by atoms with E-state index in [0.717, 1.165) is 35.5 Å². The van der Waals surface area contributed by atoms with E-state index in [1.165, 1.54) is 0 Å². The summed E-state index contributed by atoms with van der Waals surface area (Å²) in [6.07, 6.45) is 8.00. The third-order valence-corrected chi connectivity index (χ3v) is 3.47. The van der Waals surface area contributed by atoms with Crippen molar-refractivity contribution in [1.82, 2.24) is 19.9 Å². The van der Waals surface area contributed by atoms with Gasteiger partial charge < -0.3 is 9.64 Å². The van der Waals surface area contributed by atoms with Crippen LogP contribution in [-0.4, -0.2) is 39.1 Å². The number of anilines is 1. The zero-order chi connectivity index (χ0) is 13.9. The summed E-state index contributed by atoms with van der Waals surface area (Å²) >= 11 is 3.33. The first-order chi connectivity index (χ1) is 9.70. The fourth-order valence-corrected chi connectivity index (χ4v) is 2.27. The normalized spacial score (nSPS) is 18.3. The molecular weight excluding hydrogens is 322 g/mol. The minimum atomic E-state index is 0.0740. The molecule has 0 bridgehead atoms. The van der Waals surface area contributed by atoms with Crippen molar-refractivity contribution in [2.75, 3.05) is 18.0 Å². The van der Waals surface area contributed by atoms with Crippen LogP contribution < -0.4 is 9.64 Å². The second kappa shape index (κ2) is 5.70. The van der Waals surface area contributed by atoms with Crippen LogP contribution in [0.1, 0.15) is 12.0 Å². The molecule has 2 aromatic rings. The number of aromatic nitrogens is 4. The number of hydrogen-bond acceptors (Lipinski definition) is 6. The van der Waals surface area contributed by atoms with Gasteiger partial charge in [0.25, 0.3) is 0 Å². The maximum Gasteiger partial charge on any atom is 0.316 e. The highest BCUT2D eigenvalue weighted by Crippen LogP contribution is 2.19. The molecule has 0 N–H and O–H groups in total. The van der Waals surface area contributed by atoms with Gasteiger partial charge in [0.15, 0.2) is 0 Å². The van der Waals surface area contributed by atoms with Gasteiger partial charge in [-0.1, -0.05) is 0 Å². The molecule has 0 aliphatic carbocycles. The number of rotatable bonds is 3. The molecule has 20 heavy (non-hydrogen) atoms. The molecule has 104 valence electrons. The van der Waals surface area contributed by atoms with Gasteiger partial charge in [-0.15, -0.1) is 0 Å². The summed E-state index contributed by atoms with van der Waals surface area (Å²) in [4.78, 5) is 19.0. The van der Waals surface area contributed by atoms with E-state index >= 15 is 0 Å². The van der Waals surface area contributed by atoms with E-state index in [9.17, 15) is 0 Å². The predicted molar refractivity (Wildman–Crippen MR) is 77.7 cm³/mol. The molecule has 1 saturated heterocycles. The number of nitrogens with zero attached hydrogens (tertiary/aromatic N) is 5. The molecule has 1 unspecified atom stereocenters. The molecule has 1 fully saturated rings. The maximum absolute atomic E-state index is 5.78. The van der Waals surface area contributed by atoms with E-state index in [-0.39, 0.29) is 6.10 Å². The minimum Gasteiger partial charge on any atom is -0.458 e. The number of halogens is 1. The third kappa shape index (κ3) is 3.04. The summed E-state index contributed by atoms with van der Waals surface area (Å²) in [5.41, 5.74) is 1.02. The van der Waals surface area contributed by atoms with E-state index in [2.05, 4.69) is 40.8 Å². The zero-order valence-corrected chi connectivity index (χ0v) is 12.6. The lowest BCUT2D eigenvalue weighted by Gasteiger charge is -2.16. The third-order valence-electron chi connectivity index (χ3n) is 3.06. The van der Waals surface area contributed by atoms with Gasteiger partial charge in [0.1, 0.15) is 6.10 Å². The Morgan fingerprint density at radius 3 is 2.55 bits per heavy atom. The van der Waals surface area contributed by atoms with Gasteiger partial charge in [0.2, 0.25) is 5.95 Å². The number of hydrogen-bond donors (Lipinski definition) is 0. The van der Waals surface area contributed by atoms with Crippen LogP contribution in [0.2, 0.25) is 0 Å². The Hall–Kier alpha value is -1.76. The van der Waals surface area contributed by atoms with Crippen molar-refractivity contribution in [3.8, 4) is 6.01 Å². The Bertz CT molecular complexity index is 574. The smallest absolute Gasteiger partial charge is 0.316 e. The van der Waals surface area contributed by atoms with Crippen molar-refractivity contribution < 1.29 is 4.74 Å². The first-order valence-corrected chi connectivity index (χ1v) is 7.18. The van der Waals surface area contributed by atoms with Crippen LogP contribution in [0.3, 0.4) is 0 Å². The largest absolute Gasteiger partial charge is 0.458 e. The lowest BCUT2D eigenvalue weighted by atomic mass is 10.3. The van der Waals surface area contributed by atoms with Crippen molar-refractivity contribution in [2.24, 2.45) is 0 Å². The molecule has 1 atom stereocenters. The summed E-state index contributed by atoms with van der Waals surface area (Å²) in [5, 5.41) is 0. The highest BCUT2D eigenvalue weighted by atomic mass is 79.9. The molecule has 0 aromatic carbocycles. The van der Waals surface area contributed by atoms with Crippen molar-refractivity contribution in [3.05, 3.63) is 34.8 Å². The molecule has 1 aliphatic rings. The highest BCUT2D eigenvalue weighted by Gasteiger charge is 2.26. The number of aryl methyl sites for hydroxylation is 1. The van der Waals surface area contributed by atoms with Gasteiger partial charge in [-0.2, -0.15) is 0 Å². The maximum atomic E-state index is 5.78. The summed E-state index contributed by atoms with van der Waals surface area (Å²) in [7, 11) is 0. The average molecular weight is 336 g/mol. The Morgan fingerprint density at radius 1 is 1.15 bits per heavy atom. The van der Waals surface area contributed by atoms with Crippen molar-refractivity contribution in [1.29, 1.82) is 0 Å². The average Bonchev–Trinajstić information content (AvgIpc) is 2.91. The molecule has 3 heterocycles. The first-order valence-electron chi connectivity index (χ1n) is 6.38. The van der Waals surface area contributed by atoms with Crippen LogP contribution in [-0.2, 0) is 0 Å². The van der Waals surface area contributed by atoms with Crippen molar-refractivity contribution in [2.45, 2.75) is 19.4 Å². The van der Waals surface area contributed by atoms with Gasteiger partial charge >= 0.3 is 6.01 Å².